The molecule has 1 nitrogen and oxygen atoms in total. The Morgan fingerprint density at radius 1 is 1.24 bits per heavy atom. The number of aliphatic hydroxyl groups excluding tert-OH is 1. The highest BCUT2D eigenvalue weighted by Crippen LogP contribution is 2.35. The van der Waals surface area contributed by atoms with Crippen LogP contribution >= 0.6 is 38.9 Å². The summed E-state index contributed by atoms with van der Waals surface area (Å²) in [6.45, 7) is 3.98. The van der Waals surface area contributed by atoms with Crippen LogP contribution in [-0.2, 0) is 0 Å². The fraction of sp³-hybridized carbons (Fsp3) is 0.231. The molecule has 0 radical (unpaired) electrons. The van der Waals surface area contributed by atoms with E-state index in [0.717, 1.165) is 25.4 Å². The Labute approximate surface area is 118 Å². The molecule has 0 saturated heterocycles. The summed E-state index contributed by atoms with van der Waals surface area (Å²) in [5.41, 5.74) is 3.03. The number of halogens is 2. The van der Waals surface area contributed by atoms with Crippen LogP contribution in [0.5, 0.6) is 0 Å². The summed E-state index contributed by atoms with van der Waals surface area (Å²) < 4.78 is 1.06. The third-order valence-corrected chi connectivity index (χ3v) is 4.93. The van der Waals surface area contributed by atoms with Gasteiger partial charge in [0.1, 0.15) is 6.10 Å². The van der Waals surface area contributed by atoms with Gasteiger partial charge in [-0.1, -0.05) is 17.7 Å². The summed E-state index contributed by atoms with van der Waals surface area (Å²) in [6.07, 6.45) is -0.609. The molecule has 1 heterocycles. The van der Waals surface area contributed by atoms with E-state index in [-0.39, 0.29) is 0 Å². The smallest absolute Gasteiger partial charge is 0.113 e. The molecule has 0 spiro atoms. The molecule has 0 fully saturated rings. The van der Waals surface area contributed by atoms with Gasteiger partial charge in [0.15, 0.2) is 0 Å². The van der Waals surface area contributed by atoms with Gasteiger partial charge in [-0.2, -0.15) is 0 Å². The number of hydrogen-bond acceptors (Lipinski definition) is 2. The third kappa shape index (κ3) is 2.91. The molecule has 17 heavy (non-hydrogen) atoms. The fourth-order valence-corrected chi connectivity index (χ4v) is 3.59. The Hall–Kier alpha value is -0.350. The van der Waals surface area contributed by atoms with E-state index >= 15 is 0 Å². The molecule has 0 aliphatic heterocycles. The van der Waals surface area contributed by atoms with Gasteiger partial charge in [0.05, 0.1) is 3.79 Å². The van der Waals surface area contributed by atoms with Crippen molar-refractivity contribution in [1.82, 2.24) is 0 Å². The van der Waals surface area contributed by atoms with E-state index in [4.69, 9.17) is 11.6 Å². The van der Waals surface area contributed by atoms with Crippen molar-refractivity contribution in [3.8, 4) is 0 Å². The highest BCUT2D eigenvalue weighted by molar-refractivity contribution is 9.11. The van der Waals surface area contributed by atoms with Gasteiger partial charge in [-0.05, 0) is 64.7 Å². The van der Waals surface area contributed by atoms with Crippen molar-refractivity contribution in [3.05, 3.63) is 54.6 Å². The van der Waals surface area contributed by atoms with E-state index in [1.165, 1.54) is 0 Å². The second-order valence-electron chi connectivity index (χ2n) is 4.07. The van der Waals surface area contributed by atoms with Gasteiger partial charge in [0.2, 0.25) is 0 Å². The molecular formula is C13H12BrClOS. The lowest BCUT2D eigenvalue weighted by Gasteiger charge is -2.10. The van der Waals surface area contributed by atoms with E-state index in [2.05, 4.69) is 15.9 Å². The van der Waals surface area contributed by atoms with Crippen molar-refractivity contribution in [3.63, 3.8) is 0 Å². The van der Waals surface area contributed by atoms with E-state index in [9.17, 15) is 5.11 Å². The third-order valence-electron chi connectivity index (χ3n) is 2.53. The van der Waals surface area contributed by atoms with Crippen molar-refractivity contribution in [2.45, 2.75) is 20.0 Å². The zero-order valence-electron chi connectivity index (χ0n) is 9.50. The Morgan fingerprint density at radius 2 is 1.94 bits per heavy atom. The average molecular weight is 332 g/mol. The molecule has 1 N–H and O–H groups in total. The van der Waals surface area contributed by atoms with Gasteiger partial charge in [-0.25, -0.2) is 0 Å². The molecule has 1 aromatic heterocycles. The first-order valence-corrected chi connectivity index (χ1v) is 7.17. The zero-order chi connectivity index (χ0) is 12.6. The highest BCUT2D eigenvalue weighted by Gasteiger charge is 2.15. The van der Waals surface area contributed by atoms with Crippen LogP contribution in [0.4, 0.5) is 0 Å². The predicted octanol–water partition coefficient (Wildman–Crippen LogP) is 4.86. The van der Waals surface area contributed by atoms with Gasteiger partial charge in [0, 0.05) is 9.90 Å². The summed E-state index contributed by atoms with van der Waals surface area (Å²) in [6, 6.07) is 7.64. The maximum absolute atomic E-state index is 10.3. The van der Waals surface area contributed by atoms with Crippen LogP contribution in [-0.4, -0.2) is 5.11 Å². The maximum atomic E-state index is 10.3. The van der Waals surface area contributed by atoms with Gasteiger partial charge in [0.25, 0.3) is 0 Å². The van der Waals surface area contributed by atoms with Crippen LogP contribution in [0.2, 0.25) is 5.02 Å². The van der Waals surface area contributed by atoms with E-state index in [0.29, 0.717) is 5.02 Å². The largest absolute Gasteiger partial charge is 0.383 e. The van der Waals surface area contributed by atoms with Crippen molar-refractivity contribution in [2.75, 3.05) is 0 Å². The Kier molecular flexibility index (Phi) is 3.93. The Bertz CT molecular complexity index is 511. The number of rotatable bonds is 2. The SMILES string of the molecule is Cc1cc(Cl)cc(C(O)c2cc(C)c(Br)s2)c1. The molecule has 0 bridgehead atoms. The van der Waals surface area contributed by atoms with Gasteiger partial charge >= 0.3 is 0 Å². The van der Waals surface area contributed by atoms with Crippen molar-refractivity contribution in [1.29, 1.82) is 0 Å². The summed E-state index contributed by atoms with van der Waals surface area (Å²) in [4.78, 5) is 0.927. The standard InChI is InChI=1S/C13H12BrClOS/c1-7-3-9(6-10(15)4-7)12(16)11-5-8(2)13(14)17-11/h3-6,12,16H,1-2H3. The van der Waals surface area contributed by atoms with Crippen LogP contribution < -0.4 is 0 Å². The minimum atomic E-state index is -0.609. The summed E-state index contributed by atoms with van der Waals surface area (Å²) >= 11 is 11.0. The van der Waals surface area contributed by atoms with Crippen LogP contribution in [0, 0.1) is 13.8 Å². The van der Waals surface area contributed by atoms with Crippen LogP contribution in [0.1, 0.15) is 27.7 Å². The average Bonchev–Trinajstić information content (AvgIpc) is 2.57. The Morgan fingerprint density at radius 3 is 2.47 bits per heavy atom. The first kappa shape index (κ1) is 13.1. The maximum Gasteiger partial charge on any atom is 0.113 e. The summed E-state index contributed by atoms with van der Waals surface area (Å²) in [5, 5.41) is 11.0. The molecule has 2 aromatic rings. The quantitative estimate of drug-likeness (QED) is 0.833. The molecule has 0 aliphatic carbocycles. The lowest BCUT2D eigenvalue weighted by molar-refractivity contribution is 0.224. The molecule has 2 rings (SSSR count). The minimum absolute atomic E-state index is 0.609. The molecular weight excluding hydrogens is 320 g/mol. The van der Waals surface area contributed by atoms with Crippen molar-refractivity contribution in [2.24, 2.45) is 0 Å². The number of aliphatic hydroxyl groups is 1. The second-order valence-corrected chi connectivity index (χ2v) is 6.91. The van der Waals surface area contributed by atoms with Crippen LogP contribution in [0.3, 0.4) is 0 Å². The molecule has 1 aromatic carbocycles. The first-order chi connectivity index (χ1) is 7.97. The lowest BCUT2D eigenvalue weighted by atomic mass is 10.1. The molecule has 0 aliphatic rings. The molecule has 1 atom stereocenters. The number of thiophene rings is 1. The van der Waals surface area contributed by atoms with Gasteiger partial charge < -0.3 is 5.11 Å². The molecule has 0 amide bonds. The first-order valence-electron chi connectivity index (χ1n) is 5.18. The fourth-order valence-electron chi connectivity index (χ4n) is 1.71. The molecule has 0 saturated carbocycles. The number of aryl methyl sites for hydroxylation is 2. The molecule has 1 unspecified atom stereocenters. The van der Waals surface area contributed by atoms with Crippen LogP contribution in [0.25, 0.3) is 0 Å². The van der Waals surface area contributed by atoms with Gasteiger partial charge in [-0.3, -0.25) is 0 Å². The van der Waals surface area contributed by atoms with Gasteiger partial charge in [-0.15, -0.1) is 11.3 Å². The van der Waals surface area contributed by atoms with Crippen molar-refractivity contribution < 1.29 is 5.11 Å². The zero-order valence-corrected chi connectivity index (χ0v) is 12.7. The number of hydrogen-bond donors (Lipinski definition) is 1. The normalized spacial score (nSPS) is 12.8. The topological polar surface area (TPSA) is 20.2 Å². The number of benzene rings is 1. The van der Waals surface area contributed by atoms with Crippen molar-refractivity contribution >= 4 is 38.9 Å². The van der Waals surface area contributed by atoms with Crippen LogP contribution in [0.15, 0.2) is 28.1 Å². The molecule has 4 heteroatoms. The summed E-state index contributed by atoms with van der Waals surface area (Å²) in [5.74, 6) is 0. The van der Waals surface area contributed by atoms with E-state index in [1.807, 2.05) is 38.1 Å². The minimum Gasteiger partial charge on any atom is -0.383 e. The predicted molar refractivity (Wildman–Crippen MR) is 77.0 cm³/mol. The lowest BCUT2D eigenvalue weighted by Crippen LogP contribution is -1.97. The highest BCUT2D eigenvalue weighted by atomic mass is 79.9. The summed E-state index contributed by atoms with van der Waals surface area (Å²) in [7, 11) is 0. The van der Waals surface area contributed by atoms with E-state index in [1.54, 1.807) is 11.3 Å². The molecule has 90 valence electrons. The Balaban J connectivity index is 2.39. The second kappa shape index (κ2) is 5.11. The van der Waals surface area contributed by atoms with E-state index < -0.39 is 6.10 Å². The monoisotopic (exact) mass is 330 g/mol.